The number of ether oxygens (including phenoxy) is 2. The number of carbonyl (C=O) groups excluding carboxylic acids is 1. The summed E-state index contributed by atoms with van der Waals surface area (Å²) < 4.78 is 11.9. The summed E-state index contributed by atoms with van der Waals surface area (Å²) in [6.07, 6.45) is 2.12. The van der Waals surface area contributed by atoms with Crippen LogP contribution in [0, 0.1) is 0 Å². The Kier molecular flexibility index (Phi) is 6.16. The van der Waals surface area contributed by atoms with Gasteiger partial charge in [0.2, 0.25) is 0 Å². The van der Waals surface area contributed by atoms with Crippen LogP contribution in [-0.4, -0.2) is 33.2 Å². The van der Waals surface area contributed by atoms with Crippen molar-refractivity contribution in [2.24, 2.45) is 0 Å². The van der Waals surface area contributed by atoms with E-state index in [-0.39, 0.29) is 11.9 Å². The first-order valence-electron chi connectivity index (χ1n) is 8.72. The first-order valence-corrected chi connectivity index (χ1v) is 9.52. The number of benzene rings is 2. The molecule has 0 saturated carbocycles. The molecule has 138 valence electrons. The number of hydrogen-bond donors (Lipinski definition) is 2. The largest absolute Gasteiger partial charge is 0.497 e. The molecule has 26 heavy (non-hydrogen) atoms. The van der Waals surface area contributed by atoms with Crippen molar-refractivity contribution >= 4 is 27.5 Å². The fraction of sp³-hybridized carbons (Fsp3) is 0.350. The van der Waals surface area contributed by atoms with E-state index >= 15 is 0 Å². The summed E-state index contributed by atoms with van der Waals surface area (Å²) >= 11 is 3.40. The lowest BCUT2D eigenvalue weighted by molar-refractivity contribution is -0.910. The Bertz CT molecular complexity index is 764. The third-order valence-electron chi connectivity index (χ3n) is 4.81. The Morgan fingerprint density at radius 3 is 2.65 bits per heavy atom. The van der Waals surface area contributed by atoms with Crippen LogP contribution in [-0.2, 0) is 4.79 Å². The van der Waals surface area contributed by atoms with Crippen LogP contribution in [0.5, 0.6) is 11.5 Å². The summed E-state index contributed by atoms with van der Waals surface area (Å²) in [7, 11) is 3.34. The summed E-state index contributed by atoms with van der Waals surface area (Å²) in [5.41, 5.74) is 1.92. The maximum Gasteiger partial charge on any atom is 0.279 e. The van der Waals surface area contributed by atoms with E-state index in [1.54, 1.807) is 14.2 Å². The van der Waals surface area contributed by atoms with Gasteiger partial charge in [-0.2, -0.15) is 0 Å². The Hall–Kier alpha value is -2.05. The molecule has 0 aromatic heterocycles. The van der Waals surface area contributed by atoms with Gasteiger partial charge in [-0.3, -0.25) is 4.79 Å². The Balaban J connectivity index is 1.72. The summed E-state index contributed by atoms with van der Waals surface area (Å²) in [6.45, 7) is 1.40. The lowest BCUT2D eigenvalue weighted by atomic mass is 10.0. The zero-order valence-corrected chi connectivity index (χ0v) is 16.6. The number of amides is 1. The van der Waals surface area contributed by atoms with Crippen molar-refractivity contribution < 1.29 is 19.2 Å². The van der Waals surface area contributed by atoms with Gasteiger partial charge in [0.15, 0.2) is 6.54 Å². The molecule has 1 aliphatic rings. The molecule has 0 spiro atoms. The minimum atomic E-state index is 0.0242. The second-order valence-corrected chi connectivity index (χ2v) is 7.36. The van der Waals surface area contributed by atoms with E-state index in [2.05, 4.69) is 21.2 Å². The van der Waals surface area contributed by atoms with E-state index in [0.29, 0.717) is 6.54 Å². The van der Waals surface area contributed by atoms with Crippen molar-refractivity contribution in [3.8, 4) is 11.5 Å². The van der Waals surface area contributed by atoms with Crippen molar-refractivity contribution in [3.05, 3.63) is 52.5 Å². The summed E-state index contributed by atoms with van der Waals surface area (Å²) in [5, 5.41) is 2.98. The Morgan fingerprint density at radius 2 is 1.96 bits per heavy atom. The van der Waals surface area contributed by atoms with E-state index in [0.717, 1.165) is 46.6 Å². The summed E-state index contributed by atoms with van der Waals surface area (Å²) in [4.78, 5) is 13.8. The van der Waals surface area contributed by atoms with E-state index in [1.165, 1.54) is 4.90 Å². The molecular formula is C20H24BrN2O3+. The molecule has 0 aliphatic carbocycles. The molecule has 2 aromatic carbocycles. The first kappa shape index (κ1) is 18.7. The molecule has 0 radical (unpaired) electrons. The molecule has 2 aromatic rings. The maximum atomic E-state index is 12.5. The average molecular weight is 420 g/mol. The van der Waals surface area contributed by atoms with Gasteiger partial charge in [0.05, 0.1) is 26.3 Å². The predicted molar refractivity (Wildman–Crippen MR) is 105 cm³/mol. The second kappa shape index (κ2) is 8.56. The van der Waals surface area contributed by atoms with Crippen molar-refractivity contribution in [1.82, 2.24) is 0 Å². The van der Waals surface area contributed by atoms with Gasteiger partial charge >= 0.3 is 0 Å². The molecule has 6 heteroatoms. The second-order valence-electron chi connectivity index (χ2n) is 6.44. The SMILES string of the molecule is COc1ccc(OC)c([C@H]2CCC[NH+]2CC(=O)Nc2ccc(Br)cc2)c1. The molecule has 1 aliphatic heterocycles. The number of nitrogens with one attached hydrogen (secondary N) is 2. The highest BCUT2D eigenvalue weighted by molar-refractivity contribution is 9.10. The van der Waals surface area contributed by atoms with Crippen molar-refractivity contribution in [1.29, 1.82) is 0 Å². The molecule has 3 rings (SSSR count). The van der Waals surface area contributed by atoms with Gasteiger partial charge in [-0.05, 0) is 42.5 Å². The van der Waals surface area contributed by atoms with Crippen LogP contribution in [0.25, 0.3) is 0 Å². The lowest BCUT2D eigenvalue weighted by Gasteiger charge is -2.23. The monoisotopic (exact) mass is 419 g/mol. The van der Waals surface area contributed by atoms with Crippen LogP contribution in [0.15, 0.2) is 46.9 Å². The molecule has 1 heterocycles. The molecular weight excluding hydrogens is 396 g/mol. The molecule has 2 N–H and O–H groups in total. The van der Waals surface area contributed by atoms with Gasteiger partial charge in [0, 0.05) is 23.0 Å². The zero-order chi connectivity index (χ0) is 18.5. The van der Waals surface area contributed by atoms with E-state index in [9.17, 15) is 4.79 Å². The number of rotatable bonds is 6. The Morgan fingerprint density at radius 1 is 1.19 bits per heavy atom. The van der Waals surface area contributed by atoms with E-state index < -0.39 is 0 Å². The predicted octanol–water partition coefficient (Wildman–Crippen LogP) is 2.82. The minimum absolute atomic E-state index is 0.0242. The highest BCUT2D eigenvalue weighted by atomic mass is 79.9. The normalized spacial score (nSPS) is 19.2. The molecule has 1 amide bonds. The average Bonchev–Trinajstić information content (AvgIpc) is 3.10. The molecule has 1 fully saturated rings. The third-order valence-corrected chi connectivity index (χ3v) is 5.34. The minimum Gasteiger partial charge on any atom is -0.497 e. The number of likely N-dealkylation sites (tertiary alicyclic amines) is 1. The fourth-order valence-electron chi connectivity index (χ4n) is 3.55. The number of anilines is 1. The zero-order valence-electron chi connectivity index (χ0n) is 15.0. The van der Waals surface area contributed by atoms with Crippen LogP contribution >= 0.6 is 15.9 Å². The van der Waals surface area contributed by atoms with Crippen LogP contribution in [0.3, 0.4) is 0 Å². The van der Waals surface area contributed by atoms with Gasteiger partial charge in [-0.25, -0.2) is 0 Å². The molecule has 1 saturated heterocycles. The third kappa shape index (κ3) is 4.37. The van der Waals surface area contributed by atoms with Gasteiger partial charge in [0.1, 0.15) is 17.5 Å². The summed E-state index contributed by atoms with van der Waals surface area (Å²) in [5.74, 6) is 1.69. The molecule has 0 bridgehead atoms. The van der Waals surface area contributed by atoms with Gasteiger partial charge < -0.3 is 19.7 Å². The van der Waals surface area contributed by atoms with Crippen LogP contribution in [0.4, 0.5) is 5.69 Å². The van der Waals surface area contributed by atoms with E-state index in [4.69, 9.17) is 9.47 Å². The Labute approximate surface area is 162 Å². The lowest BCUT2D eigenvalue weighted by Crippen LogP contribution is -3.11. The van der Waals surface area contributed by atoms with Crippen molar-refractivity contribution in [2.75, 3.05) is 32.6 Å². The van der Waals surface area contributed by atoms with Crippen molar-refractivity contribution in [3.63, 3.8) is 0 Å². The van der Waals surface area contributed by atoms with Gasteiger partial charge in [-0.15, -0.1) is 0 Å². The number of quaternary nitrogens is 1. The van der Waals surface area contributed by atoms with Gasteiger partial charge in [-0.1, -0.05) is 15.9 Å². The van der Waals surface area contributed by atoms with Gasteiger partial charge in [0.25, 0.3) is 5.91 Å². The number of carbonyl (C=O) groups is 1. The van der Waals surface area contributed by atoms with Crippen LogP contribution in [0.2, 0.25) is 0 Å². The van der Waals surface area contributed by atoms with E-state index in [1.807, 2.05) is 42.5 Å². The standard InChI is InChI=1S/C20H23BrN2O3/c1-25-16-9-10-19(26-2)17(12-16)18-4-3-11-23(18)13-20(24)22-15-7-5-14(21)6-8-15/h5-10,12,18H,3-4,11,13H2,1-2H3,(H,22,24)/p+1/t18-/m1/s1. The molecule has 5 nitrogen and oxygen atoms in total. The van der Waals surface area contributed by atoms with Crippen LogP contribution < -0.4 is 19.7 Å². The smallest absolute Gasteiger partial charge is 0.279 e. The fourth-order valence-corrected chi connectivity index (χ4v) is 3.82. The van der Waals surface area contributed by atoms with Crippen LogP contribution in [0.1, 0.15) is 24.4 Å². The number of hydrogen-bond acceptors (Lipinski definition) is 3. The number of methoxy groups -OCH3 is 2. The first-order chi connectivity index (χ1) is 12.6. The molecule has 2 atom stereocenters. The quantitative estimate of drug-likeness (QED) is 0.756. The molecule has 1 unspecified atom stereocenters. The topological polar surface area (TPSA) is 52.0 Å². The highest BCUT2D eigenvalue weighted by Crippen LogP contribution is 2.31. The van der Waals surface area contributed by atoms with Crippen molar-refractivity contribution in [2.45, 2.75) is 18.9 Å². The highest BCUT2D eigenvalue weighted by Gasteiger charge is 2.33. The number of halogens is 1. The summed E-state index contributed by atoms with van der Waals surface area (Å²) in [6, 6.07) is 13.7. The maximum absolute atomic E-state index is 12.5.